The van der Waals surface area contributed by atoms with E-state index in [1.165, 1.54) is 6.42 Å². The van der Waals surface area contributed by atoms with Crippen LogP contribution in [0.25, 0.3) is 0 Å². The molecule has 21 heavy (non-hydrogen) atoms. The number of rotatable bonds is 1. The van der Waals surface area contributed by atoms with Gasteiger partial charge >= 0.3 is 0 Å². The van der Waals surface area contributed by atoms with Gasteiger partial charge in [-0.05, 0) is 31.9 Å². The van der Waals surface area contributed by atoms with Gasteiger partial charge < -0.3 is 9.64 Å². The monoisotopic (exact) mass is 285 g/mol. The quantitative estimate of drug-likeness (QED) is 0.792. The molecule has 3 rings (SSSR count). The van der Waals surface area contributed by atoms with Crippen molar-refractivity contribution in [2.24, 2.45) is 0 Å². The van der Waals surface area contributed by atoms with Crippen LogP contribution in [0.3, 0.4) is 0 Å². The zero-order chi connectivity index (χ0) is 14.8. The number of aromatic nitrogens is 1. The largest absolute Gasteiger partial charge is 0.374 e. The molecule has 1 aromatic rings. The van der Waals surface area contributed by atoms with Crippen LogP contribution < -0.4 is 0 Å². The molecular weight excluding hydrogens is 266 g/mol. The highest BCUT2D eigenvalue weighted by Gasteiger charge is 2.37. The zero-order valence-electron chi connectivity index (χ0n) is 12.2. The number of hydrogen-bond acceptors (Lipinski definition) is 4. The van der Waals surface area contributed by atoms with Crippen LogP contribution in [0.4, 0.5) is 0 Å². The number of nitrogens with zero attached hydrogens (tertiary/aromatic N) is 3. The molecule has 0 radical (unpaired) electrons. The Morgan fingerprint density at radius 1 is 1.43 bits per heavy atom. The van der Waals surface area contributed by atoms with Gasteiger partial charge in [0, 0.05) is 6.54 Å². The molecule has 1 aliphatic heterocycles. The fraction of sp³-hybridized carbons (Fsp3) is 0.562. The Labute approximate surface area is 124 Å². The molecule has 0 aromatic carbocycles. The van der Waals surface area contributed by atoms with Crippen molar-refractivity contribution in [1.82, 2.24) is 9.88 Å². The van der Waals surface area contributed by atoms with E-state index in [-0.39, 0.29) is 18.1 Å². The number of fused-ring (bicyclic) bond motifs is 1. The van der Waals surface area contributed by atoms with E-state index in [1.807, 2.05) is 4.90 Å². The maximum Gasteiger partial charge on any atom is 0.272 e. The number of hydrogen-bond donors (Lipinski definition) is 0. The molecule has 5 heteroatoms. The van der Waals surface area contributed by atoms with Crippen molar-refractivity contribution in [3.8, 4) is 6.07 Å². The van der Waals surface area contributed by atoms with Gasteiger partial charge in [0.25, 0.3) is 5.91 Å². The molecule has 1 aromatic heterocycles. The minimum Gasteiger partial charge on any atom is -0.374 e. The fourth-order valence-corrected chi connectivity index (χ4v) is 3.29. The second kappa shape index (κ2) is 5.82. The summed E-state index contributed by atoms with van der Waals surface area (Å²) in [5.41, 5.74) is 1.55. The minimum atomic E-state index is -0.0391. The van der Waals surface area contributed by atoms with E-state index in [0.717, 1.165) is 19.3 Å². The van der Waals surface area contributed by atoms with Crippen molar-refractivity contribution in [1.29, 1.82) is 5.26 Å². The van der Waals surface area contributed by atoms with E-state index < -0.39 is 0 Å². The van der Waals surface area contributed by atoms with Gasteiger partial charge in [0.15, 0.2) is 0 Å². The van der Waals surface area contributed by atoms with Gasteiger partial charge in [-0.3, -0.25) is 4.79 Å². The van der Waals surface area contributed by atoms with E-state index in [1.54, 1.807) is 19.1 Å². The summed E-state index contributed by atoms with van der Waals surface area (Å²) in [6.45, 7) is 2.99. The van der Waals surface area contributed by atoms with Crippen LogP contribution in [0.5, 0.6) is 0 Å². The highest BCUT2D eigenvalue weighted by atomic mass is 16.5. The molecule has 5 nitrogen and oxygen atoms in total. The van der Waals surface area contributed by atoms with Crippen molar-refractivity contribution in [2.45, 2.75) is 44.8 Å². The molecule has 2 aliphatic rings. The van der Waals surface area contributed by atoms with Gasteiger partial charge in [0.1, 0.15) is 11.8 Å². The second-order valence-electron chi connectivity index (χ2n) is 5.70. The zero-order valence-corrected chi connectivity index (χ0v) is 12.2. The maximum atomic E-state index is 12.7. The van der Waals surface area contributed by atoms with E-state index in [2.05, 4.69) is 11.1 Å². The second-order valence-corrected chi connectivity index (χ2v) is 5.70. The Kier molecular flexibility index (Phi) is 3.89. The molecule has 2 heterocycles. The van der Waals surface area contributed by atoms with Crippen LogP contribution in [0, 0.1) is 18.3 Å². The number of carbonyl (C=O) groups excluding carboxylic acids is 1. The van der Waals surface area contributed by atoms with Gasteiger partial charge in [-0.1, -0.05) is 12.8 Å². The van der Waals surface area contributed by atoms with Crippen LogP contribution >= 0.6 is 0 Å². The lowest BCUT2D eigenvalue weighted by Crippen LogP contribution is -2.55. The fourth-order valence-electron chi connectivity index (χ4n) is 3.29. The first-order valence-corrected chi connectivity index (χ1v) is 7.51. The van der Waals surface area contributed by atoms with Gasteiger partial charge in [-0.25, -0.2) is 4.98 Å². The first-order chi connectivity index (χ1) is 10.2. The summed E-state index contributed by atoms with van der Waals surface area (Å²) in [4.78, 5) is 19.0. The van der Waals surface area contributed by atoms with E-state index in [4.69, 9.17) is 10.00 Å². The van der Waals surface area contributed by atoms with Crippen LogP contribution in [0.15, 0.2) is 12.1 Å². The first-order valence-electron chi connectivity index (χ1n) is 7.51. The first kappa shape index (κ1) is 14.0. The Morgan fingerprint density at radius 3 is 3.00 bits per heavy atom. The van der Waals surface area contributed by atoms with Crippen LogP contribution in [-0.4, -0.2) is 41.1 Å². The molecule has 0 spiro atoms. The summed E-state index contributed by atoms with van der Waals surface area (Å²) in [7, 11) is 0. The van der Waals surface area contributed by atoms with E-state index in [0.29, 0.717) is 30.1 Å². The Bertz CT molecular complexity index is 592. The highest BCUT2D eigenvalue weighted by molar-refractivity contribution is 5.92. The van der Waals surface area contributed by atoms with Crippen molar-refractivity contribution in [3.05, 3.63) is 29.1 Å². The lowest BCUT2D eigenvalue weighted by atomic mass is 9.90. The van der Waals surface area contributed by atoms with Gasteiger partial charge in [-0.2, -0.15) is 5.26 Å². The Balaban J connectivity index is 1.83. The summed E-state index contributed by atoms with van der Waals surface area (Å²) in [6, 6.07) is 5.59. The van der Waals surface area contributed by atoms with Gasteiger partial charge in [0.2, 0.25) is 0 Å². The summed E-state index contributed by atoms with van der Waals surface area (Å²) < 4.78 is 5.80. The lowest BCUT2D eigenvalue weighted by molar-refractivity contribution is -0.0754. The van der Waals surface area contributed by atoms with Crippen LogP contribution in [0.2, 0.25) is 0 Å². The average Bonchev–Trinajstić information content (AvgIpc) is 2.53. The third-order valence-corrected chi connectivity index (χ3v) is 4.42. The number of aryl methyl sites for hydroxylation is 1. The molecule has 0 unspecified atom stereocenters. The van der Waals surface area contributed by atoms with Crippen molar-refractivity contribution in [3.63, 3.8) is 0 Å². The van der Waals surface area contributed by atoms with Crippen LogP contribution in [-0.2, 0) is 4.74 Å². The topological polar surface area (TPSA) is 66.2 Å². The summed E-state index contributed by atoms with van der Waals surface area (Å²) in [5, 5.41) is 8.95. The standard InChI is InChI=1S/C16H19N3O2/c1-11-12(10-17)6-7-13(18-11)16(20)19-8-9-21-15-5-3-2-4-14(15)19/h6-7,14-15H,2-5,8-9H2,1H3/t14-,15-/m0/s1. The molecule has 0 N–H and O–H groups in total. The molecule has 1 aliphatic carbocycles. The molecule has 1 amide bonds. The minimum absolute atomic E-state index is 0.0391. The SMILES string of the molecule is Cc1nc(C(=O)N2CCO[C@H]3CCCC[C@@H]32)ccc1C#N. The number of carbonyl (C=O) groups is 1. The number of morpholine rings is 1. The maximum absolute atomic E-state index is 12.7. The number of ether oxygens (including phenoxy) is 1. The van der Waals surface area contributed by atoms with Crippen molar-refractivity contribution < 1.29 is 9.53 Å². The third kappa shape index (κ3) is 2.64. The van der Waals surface area contributed by atoms with Crippen molar-refractivity contribution >= 4 is 5.91 Å². The number of amides is 1. The predicted octanol–water partition coefficient (Wildman–Crippen LogP) is 2.05. The molecule has 2 atom stereocenters. The molecule has 110 valence electrons. The average molecular weight is 285 g/mol. The Morgan fingerprint density at radius 2 is 2.24 bits per heavy atom. The highest BCUT2D eigenvalue weighted by Crippen LogP contribution is 2.29. The predicted molar refractivity (Wildman–Crippen MR) is 76.7 cm³/mol. The normalized spacial score (nSPS) is 25.0. The molecule has 1 saturated carbocycles. The van der Waals surface area contributed by atoms with Crippen molar-refractivity contribution in [2.75, 3.05) is 13.2 Å². The molecular formula is C16H19N3O2. The summed E-state index contributed by atoms with van der Waals surface area (Å²) >= 11 is 0. The van der Waals surface area contributed by atoms with E-state index >= 15 is 0 Å². The Hall–Kier alpha value is -1.93. The molecule has 1 saturated heterocycles. The van der Waals surface area contributed by atoms with Crippen LogP contribution in [0.1, 0.15) is 47.4 Å². The molecule has 2 fully saturated rings. The van der Waals surface area contributed by atoms with Gasteiger partial charge in [0.05, 0.1) is 30.0 Å². The smallest absolute Gasteiger partial charge is 0.272 e. The number of pyridine rings is 1. The third-order valence-electron chi connectivity index (χ3n) is 4.42. The molecule has 0 bridgehead atoms. The van der Waals surface area contributed by atoms with Gasteiger partial charge in [-0.15, -0.1) is 0 Å². The summed E-state index contributed by atoms with van der Waals surface area (Å²) in [5.74, 6) is -0.0391. The summed E-state index contributed by atoms with van der Waals surface area (Å²) in [6.07, 6.45) is 4.54. The number of nitriles is 1. The lowest BCUT2D eigenvalue weighted by Gasteiger charge is -2.43. The van der Waals surface area contributed by atoms with E-state index in [9.17, 15) is 4.79 Å².